The van der Waals surface area contributed by atoms with Gasteiger partial charge in [0.2, 0.25) is 0 Å². The maximum atomic E-state index is 13.7. The molecule has 0 amide bonds. The summed E-state index contributed by atoms with van der Waals surface area (Å²) in [6.07, 6.45) is 6.07. The van der Waals surface area contributed by atoms with Gasteiger partial charge in [0.15, 0.2) is 5.78 Å². The lowest BCUT2D eigenvalue weighted by molar-refractivity contribution is -0.129. The van der Waals surface area contributed by atoms with Gasteiger partial charge in [0.1, 0.15) is 11.6 Å². The first kappa shape index (κ1) is 29.0. The minimum atomic E-state index is -0.0971. The highest BCUT2D eigenvalue weighted by Crippen LogP contribution is 2.42. The summed E-state index contributed by atoms with van der Waals surface area (Å²) >= 11 is 0. The van der Waals surface area contributed by atoms with E-state index in [0.717, 1.165) is 49.7 Å². The van der Waals surface area contributed by atoms with Crippen molar-refractivity contribution in [3.05, 3.63) is 58.1 Å². The van der Waals surface area contributed by atoms with Gasteiger partial charge in [0, 0.05) is 17.9 Å². The first-order chi connectivity index (χ1) is 17.6. The summed E-state index contributed by atoms with van der Waals surface area (Å²) in [5.74, 6) is 0.951. The van der Waals surface area contributed by atoms with Crippen LogP contribution in [0.2, 0.25) is 0 Å². The summed E-state index contributed by atoms with van der Waals surface area (Å²) < 4.78 is 0. The number of carbonyl (C=O) groups excluding carboxylic acids is 3. The van der Waals surface area contributed by atoms with Crippen molar-refractivity contribution >= 4 is 17.3 Å². The lowest BCUT2D eigenvalue weighted by Gasteiger charge is -2.33. The molecule has 0 spiro atoms. The number of aryl methyl sites for hydroxylation is 1. The Morgan fingerprint density at radius 2 is 1.70 bits per heavy atom. The predicted molar refractivity (Wildman–Crippen MR) is 153 cm³/mol. The highest BCUT2D eigenvalue weighted by Gasteiger charge is 2.34. The average Bonchev–Trinajstić information content (AvgIpc) is 2.84. The van der Waals surface area contributed by atoms with Gasteiger partial charge in [-0.15, -0.1) is 0 Å². The molecular weight excluding hydrogens is 456 g/mol. The molecule has 1 aliphatic carbocycles. The van der Waals surface area contributed by atoms with Gasteiger partial charge in [0.05, 0.1) is 6.42 Å². The normalized spacial score (nSPS) is 17.0. The van der Waals surface area contributed by atoms with Crippen LogP contribution in [0.4, 0.5) is 0 Å². The second-order valence-electron chi connectivity index (χ2n) is 11.5. The van der Waals surface area contributed by atoms with Gasteiger partial charge < -0.3 is 0 Å². The van der Waals surface area contributed by atoms with Gasteiger partial charge in [-0.05, 0) is 90.7 Å². The number of rotatable bonds is 12. The van der Waals surface area contributed by atoms with Crippen LogP contribution in [0.3, 0.4) is 0 Å². The Balaban J connectivity index is 1.97. The van der Waals surface area contributed by atoms with Crippen LogP contribution in [-0.4, -0.2) is 17.3 Å². The van der Waals surface area contributed by atoms with Crippen molar-refractivity contribution in [1.29, 1.82) is 0 Å². The van der Waals surface area contributed by atoms with E-state index in [1.54, 1.807) is 0 Å². The molecule has 1 aliphatic rings. The van der Waals surface area contributed by atoms with Crippen molar-refractivity contribution in [2.45, 2.75) is 106 Å². The van der Waals surface area contributed by atoms with Crippen molar-refractivity contribution < 1.29 is 14.4 Å². The Morgan fingerprint density at radius 3 is 2.24 bits per heavy atom. The van der Waals surface area contributed by atoms with Crippen molar-refractivity contribution in [3.63, 3.8) is 0 Å². The molecule has 37 heavy (non-hydrogen) atoms. The zero-order chi connectivity index (χ0) is 27.3. The molecule has 0 N–H and O–H groups in total. The zero-order valence-electron chi connectivity index (χ0n) is 24.1. The number of benzene rings is 2. The SMILES string of the molecule is CCCC(CC1CC(=O)c2c(C)c(-c3ccc(CC)cc3)cc(C(C)C)c2C1)C(CC)C(=O)CC(C)=O. The molecule has 3 rings (SSSR count). The number of ketones is 3. The first-order valence-corrected chi connectivity index (χ1v) is 14.4. The quantitative estimate of drug-likeness (QED) is 0.273. The van der Waals surface area contributed by atoms with E-state index < -0.39 is 0 Å². The monoisotopic (exact) mass is 502 g/mol. The Labute approximate surface area is 224 Å². The number of carbonyl (C=O) groups is 3. The summed E-state index contributed by atoms with van der Waals surface area (Å²) in [6, 6.07) is 11.1. The molecule has 0 bridgehead atoms. The Hall–Kier alpha value is -2.55. The first-order valence-electron chi connectivity index (χ1n) is 14.4. The minimum Gasteiger partial charge on any atom is -0.300 e. The Kier molecular flexibility index (Phi) is 10.0. The molecule has 2 aromatic rings. The van der Waals surface area contributed by atoms with Crippen LogP contribution >= 0.6 is 0 Å². The summed E-state index contributed by atoms with van der Waals surface area (Å²) in [5.41, 5.74) is 8.19. The lowest BCUT2D eigenvalue weighted by atomic mass is 9.70. The van der Waals surface area contributed by atoms with E-state index in [0.29, 0.717) is 12.3 Å². The van der Waals surface area contributed by atoms with Crippen LogP contribution in [-0.2, 0) is 22.4 Å². The summed E-state index contributed by atoms with van der Waals surface area (Å²) in [6.45, 7) is 14.4. The third kappa shape index (κ3) is 6.67. The van der Waals surface area contributed by atoms with Crippen LogP contribution in [0.15, 0.2) is 30.3 Å². The fourth-order valence-electron chi connectivity index (χ4n) is 6.56. The van der Waals surface area contributed by atoms with E-state index in [9.17, 15) is 14.4 Å². The highest BCUT2D eigenvalue weighted by molar-refractivity contribution is 6.02. The lowest BCUT2D eigenvalue weighted by Crippen LogP contribution is -2.30. The number of hydrogen-bond acceptors (Lipinski definition) is 3. The van der Waals surface area contributed by atoms with Crippen LogP contribution in [0.25, 0.3) is 11.1 Å². The van der Waals surface area contributed by atoms with Crippen LogP contribution in [0.5, 0.6) is 0 Å². The molecule has 3 nitrogen and oxygen atoms in total. The zero-order valence-corrected chi connectivity index (χ0v) is 24.1. The van der Waals surface area contributed by atoms with Crippen molar-refractivity contribution in [2.75, 3.05) is 0 Å². The van der Waals surface area contributed by atoms with Crippen molar-refractivity contribution in [2.24, 2.45) is 17.8 Å². The summed E-state index contributed by atoms with van der Waals surface area (Å²) in [7, 11) is 0. The number of fused-ring (bicyclic) bond motifs is 1. The molecule has 200 valence electrons. The van der Waals surface area contributed by atoms with Gasteiger partial charge in [-0.1, -0.05) is 77.8 Å². The fourth-order valence-corrected chi connectivity index (χ4v) is 6.56. The van der Waals surface area contributed by atoms with Gasteiger partial charge >= 0.3 is 0 Å². The van der Waals surface area contributed by atoms with Crippen LogP contribution in [0.1, 0.15) is 119 Å². The van der Waals surface area contributed by atoms with Gasteiger partial charge in [-0.25, -0.2) is 0 Å². The molecule has 3 atom stereocenters. The van der Waals surface area contributed by atoms with Crippen LogP contribution < -0.4 is 0 Å². The molecule has 0 saturated carbocycles. The second kappa shape index (κ2) is 12.8. The standard InChI is InChI=1S/C34H46O3/c1-8-11-27(28(10-3)32(36)16-22(6)35)17-25-18-31-29(21(4)5)20-30(23(7)34(31)33(37)19-25)26-14-12-24(9-2)13-15-26/h12-15,20-21,25,27-28H,8-11,16-19H2,1-7H3. The molecule has 0 radical (unpaired) electrons. The summed E-state index contributed by atoms with van der Waals surface area (Å²) in [4.78, 5) is 38.3. The van der Waals surface area contributed by atoms with Crippen molar-refractivity contribution in [1.82, 2.24) is 0 Å². The maximum Gasteiger partial charge on any atom is 0.163 e. The third-order valence-electron chi connectivity index (χ3n) is 8.41. The molecule has 0 aromatic heterocycles. The van der Waals surface area contributed by atoms with Crippen LogP contribution in [0, 0.1) is 24.7 Å². The minimum absolute atomic E-state index is 0.0316. The Bertz CT molecular complexity index is 1120. The van der Waals surface area contributed by atoms with Crippen molar-refractivity contribution in [3.8, 4) is 11.1 Å². The fraction of sp³-hybridized carbons (Fsp3) is 0.559. The van der Waals surface area contributed by atoms with E-state index >= 15 is 0 Å². The maximum absolute atomic E-state index is 13.7. The molecule has 3 heteroatoms. The number of hydrogen-bond donors (Lipinski definition) is 0. The topological polar surface area (TPSA) is 51.2 Å². The average molecular weight is 503 g/mol. The molecule has 2 aromatic carbocycles. The molecule has 0 aliphatic heterocycles. The van der Waals surface area contributed by atoms with Gasteiger partial charge in [-0.3, -0.25) is 14.4 Å². The van der Waals surface area contributed by atoms with E-state index in [1.165, 1.54) is 34.7 Å². The van der Waals surface area contributed by atoms with Gasteiger partial charge in [-0.2, -0.15) is 0 Å². The van der Waals surface area contributed by atoms with E-state index in [4.69, 9.17) is 0 Å². The molecule has 3 unspecified atom stereocenters. The van der Waals surface area contributed by atoms with E-state index in [1.807, 2.05) is 0 Å². The number of Topliss-reactive ketones (excluding diaryl/α,β-unsaturated/α-hetero) is 3. The largest absolute Gasteiger partial charge is 0.300 e. The molecule has 0 heterocycles. The second-order valence-corrected chi connectivity index (χ2v) is 11.5. The predicted octanol–water partition coefficient (Wildman–Crippen LogP) is 8.47. The van der Waals surface area contributed by atoms with E-state index in [2.05, 4.69) is 71.9 Å². The van der Waals surface area contributed by atoms with E-state index in [-0.39, 0.29) is 41.5 Å². The molecular formula is C34H46O3. The summed E-state index contributed by atoms with van der Waals surface area (Å²) in [5, 5.41) is 0. The van der Waals surface area contributed by atoms with Gasteiger partial charge in [0.25, 0.3) is 0 Å². The highest BCUT2D eigenvalue weighted by atomic mass is 16.1. The smallest absolute Gasteiger partial charge is 0.163 e. The molecule has 0 saturated heterocycles. The Morgan fingerprint density at radius 1 is 1.03 bits per heavy atom. The third-order valence-corrected chi connectivity index (χ3v) is 8.41. The molecule has 0 fully saturated rings.